The number of hydrogen-bond acceptors (Lipinski definition) is 3. The Balaban J connectivity index is 2.09. The number of methoxy groups -OCH3 is 1. The molecule has 1 saturated carbocycles. The van der Waals surface area contributed by atoms with Gasteiger partial charge in [-0.1, -0.05) is 11.6 Å². The molecule has 1 aromatic carbocycles. The van der Waals surface area contributed by atoms with E-state index in [1.165, 1.54) is 12.0 Å². The first-order valence-corrected chi connectivity index (χ1v) is 6.98. The number of halogens is 1. The van der Waals surface area contributed by atoms with E-state index in [0.29, 0.717) is 28.9 Å². The number of amides is 2. The van der Waals surface area contributed by atoms with Crippen LogP contribution in [0.4, 0.5) is 10.5 Å². The molecule has 0 heterocycles. The SMILES string of the molecule is COc1ccc(Cl)cc1NC(=O)N(CC(=O)O)CC1CC1. The molecule has 0 aromatic heterocycles. The summed E-state index contributed by atoms with van der Waals surface area (Å²) in [5, 5.41) is 12.0. The summed E-state index contributed by atoms with van der Waals surface area (Å²) in [6.45, 7) is 0.117. The zero-order chi connectivity index (χ0) is 15.4. The Bertz CT molecular complexity index is 546. The fourth-order valence-corrected chi connectivity index (χ4v) is 2.14. The minimum absolute atomic E-state index is 0.328. The van der Waals surface area contributed by atoms with Crippen molar-refractivity contribution in [3.63, 3.8) is 0 Å². The summed E-state index contributed by atoms with van der Waals surface area (Å²) < 4.78 is 5.15. The van der Waals surface area contributed by atoms with Gasteiger partial charge in [-0.05, 0) is 37.0 Å². The van der Waals surface area contributed by atoms with Crippen molar-refractivity contribution < 1.29 is 19.4 Å². The van der Waals surface area contributed by atoms with E-state index in [1.807, 2.05) is 0 Å². The zero-order valence-electron chi connectivity index (χ0n) is 11.6. The maximum atomic E-state index is 12.2. The van der Waals surface area contributed by atoms with E-state index in [-0.39, 0.29) is 6.54 Å². The van der Waals surface area contributed by atoms with E-state index < -0.39 is 12.0 Å². The molecule has 0 unspecified atom stereocenters. The lowest BCUT2D eigenvalue weighted by atomic mass is 10.3. The third kappa shape index (κ3) is 4.53. The van der Waals surface area contributed by atoms with Crippen LogP contribution in [-0.4, -0.2) is 42.2 Å². The van der Waals surface area contributed by atoms with Crippen LogP contribution >= 0.6 is 11.6 Å². The van der Waals surface area contributed by atoms with Crippen molar-refractivity contribution >= 4 is 29.3 Å². The van der Waals surface area contributed by atoms with Gasteiger partial charge in [0.2, 0.25) is 0 Å². The Hall–Kier alpha value is -1.95. The molecule has 0 bridgehead atoms. The highest BCUT2D eigenvalue weighted by Gasteiger charge is 2.28. The molecule has 1 aliphatic carbocycles. The quantitative estimate of drug-likeness (QED) is 0.846. The number of ether oxygens (including phenoxy) is 1. The van der Waals surface area contributed by atoms with Gasteiger partial charge in [-0.25, -0.2) is 4.79 Å². The standard InChI is InChI=1S/C14H17ClN2O4/c1-21-12-5-4-10(15)6-11(12)16-14(20)17(8-13(18)19)7-9-2-3-9/h4-6,9H,2-3,7-8H2,1H3,(H,16,20)(H,18,19). The van der Waals surface area contributed by atoms with Crippen LogP contribution in [0.5, 0.6) is 5.75 Å². The molecule has 21 heavy (non-hydrogen) atoms. The van der Waals surface area contributed by atoms with Gasteiger partial charge in [0.15, 0.2) is 0 Å². The molecule has 7 heteroatoms. The third-order valence-electron chi connectivity index (χ3n) is 3.19. The summed E-state index contributed by atoms with van der Waals surface area (Å²) >= 11 is 5.90. The van der Waals surface area contributed by atoms with Crippen LogP contribution in [0.15, 0.2) is 18.2 Å². The topological polar surface area (TPSA) is 78.9 Å². The lowest BCUT2D eigenvalue weighted by molar-refractivity contribution is -0.137. The van der Waals surface area contributed by atoms with E-state index in [0.717, 1.165) is 12.8 Å². The molecule has 0 saturated heterocycles. The summed E-state index contributed by atoms with van der Waals surface area (Å²) in [5.74, 6) is -0.172. The Kier molecular flexibility index (Phi) is 4.90. The van der Waals surface area contributed by atoms with Gasteiger partial charge >= 0.3 is 12.0 Å². The van der Waals surface area contributed by atoms with Crippen LogP contribution in [0.25, 0.3) is 0 Å². The summed E-state index contributed by atoms with van der Waals surface area (Å²) in [7, 11) is 1.48. The Morgan fingerprint density at radius 2 is 2.19 bits per heavy atom. The van der Waals surface area contributed by atoms with Crippen molar-refractivity contribution in [3.05, 3.63) is 23.2 Å². The molecule has 0 spiro atoms. The number of anilines is 1. The highest BCUT2D eigenvalue weighted by atomic mass is 35.5. The van der Waals surface area contributed by atoms with Crippen molar-refractivity contribution in [2.75, 3.05) is 25.5 Å². The van der Waals surface area contributed by atoms with Gasteiger partial charge in [-0.15, -0.1) is 0 Å². The number of nitrogens with zero attached hydrogens (tertiary/aromatic N) is 1. The van der Waals surface area contributed by atoms with E-state index in [1.54, 1.807) is 18.2 Å². The van der Waals surface area contributed by atoms with Crippen LogP contribution in [0, 0.1) is 5.92 Å². The lowest BCUT2D eigenvalue weighted by Crippen LogP contribution is -2.40. The van der Waals surface area contributed by atoms with Crippen LogP contribution in [-0.2, 0) is 4.79 Å². The normalized spacial score (nSPS) is 13.6. The Morgan fingerprint density at radius 1 is 1.48 bits per heavy atom. The first-order chi connectivity index (χ1) is 9.99. The van der Waals surface area contributed by atoms with Gasteiger partial charge in [0.05, 0.1) is 12.8 Å². The number of hydrogen-bond donors (Lipinski definition) is 2. The molecular weight excluding hydrogens is 296 g/mol. The second-order valence-corrected chi connectivity index (χ2v) is 5.43. The van der Waals surface area contributed by atoms with Gasteiger partial charge in [0, 0.05) is 11.6 Å². The van der Waals surface area contributed by atoms with Crippen LogP contribution in [0.1, 0.15) is 12.8 Å². The van der Waals surface area contributed by atoms with Crippen molar-refractivity contribution in [1.29, 1.82) is 0 Å². The highest BCUT2D eigenvalue weighted by Crippen LogP contribution is 2.31. The summed E-state index contributed by atoms with van der Waals surface area (Å²) in [6, 6.07) is 4.38. The van der Waals surface area contributed by atoms with E-state index in [4.69, 9.17) is 21.4 Å². The molecule has 2 N–H and O–H groups in total. The smallest absolute Gasteiger partial charge is 0.323 e. The van der Waals surface area contributed by atoms with Crippen LogP contribution in [0.3, 0.4) is 0 Å². The summed E-state index contributed by atoms with van der Waals surface area (Å²) in [5.41, 5.74) is 0.418. The molecule has 0 atom stereocenters. The molecule has 2 amide bonds. The molecule has 0 radical (unpaired) electrons. The molecular formula is C14H17ClN2O4. The second-order valence-electron chi connectivity index (χ2n) is 4.99. The monoisotopic (exact) mass is 312 g/mol. The molecule has 1 aliphatic rings. The number of nitrogens with one attached hydrogen (secondary N) is 1. The fourth-order valence-electron chi connectivity index (χ4n) is 1.97. The van der Waals surface area contributed by atoms with E-state index in [9.17, 15) is 9.59 Å². The predicted molar refractivity (Wildman–Crippen MR) is 79.0 cm³/mol. The highest BCUT2D eigenvalue weighted by molar-refractivity contribution is 6.31. The number of rotatable bonds is 6. The summed E-state index contributed by atoms with van der Waals surface area (Å²) in [4.78, 5) is 24.4. The molecule has 114 valence electrons. The minimum atomic E-state index is -1.04. The Morgan fingerprint density at radius 3 is 2.76 bits per heavy atom. The molecule has 6 nitrogen and oxygen atoms in total. The van der Waals surface area contributed by atoms with Gasteiger partial charge in [-0.2, -0.15) is 0 Å². The van der Waals surface area contributed by atoms with Gasteiger partial charge in [-0.3, -0.25) is 4.79 Å². The number of carboxylic acids is 1. The van der Waals surface area contributed by atoms with Crippen molar-refractivity contribution in [3.8, 4) is 5.75 Å². The summed E-state index contributed by atoms with van der Waals surface area (Å²) in [6.07, 6.45) is 2.06. The zero-order valence-corrected chi connectivity index (χ0v) is 12.4. The second kappa shape index (κ2) is 6.67. The number of aliphatic carboxylic acids is 1. The first kappa shape index (κ1) is 15.4. The maximum Gasteiger partial charge on any atom is 0.323 e. The number of urea groups is 1. The number of carboxylic acid groups (broad SMARTS) is 1. The van der Waals surface area contributed by atoms with E-state index in [2.05, 4.69) is 5.32 Å². The average molecular weight is 313 g/mol. The Labute approximate surface area is 127 Å². The minimum Gasteiger partial charge on any atom is -0.495 e. The molecule has 2 rings (SSSR count). The third-order valence-corrected chi connectivity index (χ3v) is 3.43. The van der Waals surface area contributed by atoms with Crippen LogP contribution < -0.4 is 10.1 Å². The lowest BCUT2D eigenvalue weighted by Gasteiger charge is -2.21. The average Bonchev–Trinajstić information content (AvgIpc) is 3.21. The number of benzene rings is 1. The van der Waals surface area contributed by atoms with E-state index >= 15 is 0 Å². The maximum absolute atomic E-state index is 12.2. The van der Waals surface area contributed by atoms with Crippen molar-refractivity contribution in [2.24, 2.45) is 5.92 Å². The molecule has 1 aromatic rings. The van der Waals surface area contributed by atoms with Crippen molar-refractivity contribution in [2.45, 2.75) is 12.8 Å². The predicted octanol–water partition coefficient (Wildman–Crippen LogP) is 2.68. The number of carbonyl (C=O) groups excluding carboxylic acids is 1. The number of carbonyl (C=O) groups is 2. The van der Waals surface area contributed by atoms with Crippen LogP contribution in [0.2, 0.25) is 5.02 Å². The van der Waals surface area contributed by atoms with Gasteiger partial charge < -0.3 is 20.1 Å². The van der Waals surface area contributed by atoms with Gasteiger partial charge in [0.25, 0.3) is 0 Å². The first-order valence-electron chi connectivity index (χ1n) is 6.61. The van der Waals surface area contributed by atoms with Crippen molar-refractivity contribution in [1.82, 2.24) is 4.90 Å². The fraction of sp³-hybridized carbons (Fsp3) is 0.429. The molecule has 1 fully saturated rings. The van der Waals surface area contributed by atoms with Gasteiger partial charge in [0.1, 0.15) is 12.3 Å². The largest absolute Gasteiger partial charge is 0.495 e. The molecule has 0 aliphatic heterocycles.